The standard InChI is InChI=1S/C5H10N2.2ClH/c1-4-3-6-7-5(4)2;;/h4-5H,3H2,1-2H3;2*1H. The molecule has 4 heteroatoms. The molecule has 1 heterocycles. The van der Waals surface area contributed by atoms with Gasteiger partial charge in [0.25, 0.3) is 0 Å². The van der Waals surface area contributed by atoms with E-state index < -0.39 is 0 Å². The summed E-state index contributed by atoms with van der Waals surface area (Å²) in [5, 5.41) is 7.81. The molecule has 2 unspecified atom stereocenters. The van der Waals surface area contributed by atoms with Crippen molar-refractivity contribution in [2.45, 2.75) is 19.9 Å². The maximum Gasteiger partial charge on any atom is 0.0723 e. The van der Waals surface area contributed by atoms with Gasteiger partial charge < -0.3 is 0 Å². The first-order valence-electron chi connectivity index (χ1n) is 2.67. The third-order valence-electron chi connectivity index (χ3n) is 1.46. The average Bonchev–Trinajstić information content (AvgIpc) is 1.91. The van der Waals surface area contributed by atoms with E-state index in [1.54, 1.807) is 0 Å². The molecule has 1 aliphatic heterocycles. The molecule has 1 aliphatic rings. The number of nitrogens with zero attached hydrogens (tertiary/aromatic N) is 2. The molecule has 0 aromatic rings. The molecular weight excluding hydrogens is 159 g/mol. The summed E-state index contributed by atoms with van der Waals surface area (Å²) in [5.41, 5.74) is 0. The highest BCUT2D eigenvalue weighted by atomic mass is 35.5. The average molecular weight is 171 g/mol. The fourth-order valence-corrected chi connectivity index (χ4v) is 0.571. The van der Waals surface area contributed by atoms with E-state index >= 15 is 0 Å². The van der Waals surface area contributed by atoms with Crippen molar-refractivity contribution in [1.82, 2.24) is 0 Å². The van der Waals surface area contributed by atoms with Gasteiger partial charge in [-0.05, 0) is 6.92 Å². The van der Waals surface area contributed by atoms with Crippen molar-refractivity contribution in [2.75, 3.05) is 6.54 Å². The summed E-state index contributed by atoms with van der Waals surface area (Å²) in [4.78, 5) is 0. The van der Waals surface area contributed by atoms with Crippen LogP contribution in [0.4, 0.5) is 0 Å². The van der Waals surface area contributed by atoms with Crippen LogP contribution in [-0.2, 0) is 0 Å². The fraction of sp³-hybridized carbons (Fsp3) is 1.00. The van der Waals surface area contributed by atoms with E-state index in [-0.39, 0.29) is 24.8 Å². The summed E-state index contributed by atoms with van der Waals surface area (Å²) in [7, 11) is 0. The van der Waals surface area contributed by atoms with Crippen LogP contribution in [0.25, 0.3) is 0 Å². The Balaban J connectivity index is 0. The Morgan fingerprint density at radius 2 is 1.78 bits per heavy atom. The minimum Gasteiger partial charge on any atom is -0.194 e. The van der Waals surface area contributed by atoms with Crippen LogP contribution in [0.15, 0.2) is 10.2 Å². The lowest BCUT2D eigenvalue weighted by Gasteiger charge is -2.00. The van der Waals surface area contributed by atoms with Gasteiger partial charge in [-0.15, -0.1) is 24.8 Å². The monoisotopic (exact) mass is 170 g/mol. The molecule has 56 valence electrons. The van der Waals surface area contributed by atoms with E-state index in [1.807, 2.05) is 0 Å². The molecular formula is C5H12Cl2N2. The summed E-state index contributed by atoms with van der Waals surface area (Å²) in [6, 6.07) is 0.472. The normalized spacial score (nSPS) is 30.9. The van der Waals surface area contributed by atoms with E-state index in [2.05, 4.69) is 24.1 Å². The largest absolute Gasteiger partial charge is 0.194 e. The zero-order valence-corrected chi connectivity index (χ0v) is 7.21. The van der Waals surface area contributed by atoms with Crippen LogP contribution < -0.4 is 0 Å². The first-order valence-corrected chi connectivity index (χ1v) is 2.67. The van der Waals surface area contributed by atoms with E-state index in [0.717, 1.165) is 6.54 Å². The Labute approximate surface area is 67.9 Å². The first-order chi connectivity index (χ1) is 3.30. The van der Waals surface area contributed by atoms with Gasteiger partial charge in [0.2, 0.25) is 0 Å². The molecule has 0 saturated heterocycles. The van der Waals surface area contributed by atoms with Crippen molar-refractivity contribution in [1.29, 1.82) is 0 Å². The SMILES string of the molecule is CC1CN=NC1C.Cl.Cl. The molecule has 0 aromatic carbocycles. The Hall–Kier alpha value is 0.180. The van der Waals surface area contributed by atoms with E-state index in [1.165, 1.54) is 0 Å². The van der Waals surface area contributed by atoms with Gasteiger partial charge in [-0.25, -0.2) is 0 Å². The van der Waals surface area contributed by atoms with Crippen LogP contribution in [0.5, 0.6) is 0 Å². The number of hydrogen-bond acceptors (Lipinski definition) is 2. The van der Waals surface area contributed by atoms with Crippen molar-refractivity contribution < 1.29 is 0 Å². The summed E-state index contributed by atoms with van der Waals surface area (Å²) >= 11 is 0. The molecule has 0 aromatic heterocycles. The van der Waals surface area contributed by atoms with Crippen LogP contribution in [-0.4, -0.2) is 12.6 Å². The summed E-state index contributed by atoms with van der Waals surface area (Å²) in [6.45, 7) is 5.20. The number of hydrogen-bond donors (Lipinski definition) is 0. The smallest absolute Gasteiger partial charge is 0.0723 e. The van der Waals surface area contributed by atoms with Crippen molar-refractivity contribution in [3.05, 3.63) is 0 Å². The molecule has 1 rings (SSSR count). The quantitative estimate of drug-likeness (QED) is 0.534. The third kappa shape index (κ3) is 3.01. The van der Waals surface area contributed by atoms with Crippen molar-refractivity contribution in [2.24, 2.45) is 16.1 Å². The molecule has 0 aliphatic carbocycles. The molecule has 0 amide bonds. The molecule has 2 atom stereocenters. The number of azo groups is 1. The Kier molecular flexibility index (Phi) is 6.62. The lowest BCUT2D eigenvalue weighted by atomic mass is 10.1. The predicted octanol–water partition coefficient (Wildman–Crippen LogP) is 2.32. The van der Waals surface area contributed by atoms with Gasteiger partial charge in [-0.2, -0.15) is 10.2 Å². The third-order valence-corrected chi connectivity index (χ3v) is 1.46. The Bertz CT molecular complexity index is 95.0. The van der Waals surface area contributed by atoms with Crippen molar-refractivity contribution >= 4 is 24.8 Å². The summed E-state index contributed by atoms with van der Waals surface area (Å²) < 4.78 is 0. The van der Waals surface area contributed by atoms with Crippen LogP contribution in [0, 0.1) is 5.92 Å². The molecule has 0 N–H and O–H groups in total. The molecule has 0 saturated carbocycles. The van der Waals surface area contributed by atoms with Gasteiger partial charge in [-0.1, -0.05) is 6.92 Å². The minimum atomic E-state index is 0. The zero-order chi connectivity index (χ0) is 5.28. The van der Waals surface area contributed by atoms with Crippen LogP contribution in [0.3, 0.4) is 0 Å². The van der Waals surface area contributed by atoms with Gasteiger partial charge in [0.15, 0.2) is 0 Å². The Morgan fingerprint density at radius 3 is 1.89 bits per heavy atom. The molecule has 0 fully saturated rings. The van der Waals surface area contributed by atoms with Crippen LogP contribution in [0.1, 0.15) is 13.8 Å². The zero-order valence-electron chi connectivity index (χ0n) is 5.57. The lowest BCUT2D eigenvalue weighted by Crippen LogP contribution is -2.06. The summed E-state index contributed by atoms with van der Waals surface area (Å²) in [5.74, 6) is 0.681. The van der Waals surface area contributed by atoms with Crippen LogP contribution >= 0.6 is 24.8 Å². The predicted molar refractivity (Wildman–Crippen MR) is 42.8 cm³/mol. The van der Waals surface area contributed by atoms with Gasteiger partial charge in [-0.3, -0.25) is 0 Å². The number of rotatable bonds is 0. The van der Waals surface area contributed by atoms with Crippen LogP contribution in [0.2, 0.25) is 0 Å². The van der Waals surface area contributed by atoms with Gasteiger partial charge in [0.05, 0.1) is 12.6 Å². The lowest BCUT2D eigenvalue weighted by molar-refractivity contribution is 0.560. The number of halogens is 2. The van der Waals surface area contributed by atoms with E-state index in [9.17, 15) is 0 Å². The highest BCUT2D eigenvalue weighted by Crippen LogP contribution is 2.13. The van der Waals surface area contributed by atoms with Crippen molar-refractivity contribution in [3.8, 4) is 0 Å². The molecule has 2 nitrogen and oxygen atoms in total. The second-order valence-electron chi connectivity index (χ2n) is 2.16. The topological polar surface area (TPSA) is 24.7 Å². The highest BCUT2D eigenvalue weighted by molar-refractivity contribution is 5.85. The highest BCUT2D eigenvalue weighted by Gasteiger charge is 2.14. The van der Waals surface area contributed by atoms with Gasteiger partial charge >= 0.3 is 0 Å². The summed E-state index contributed by atoms with van der Waals surface area (Å²) in [6.07, 6.45) is 0. The van der Waals surface area contributed by atoms with Gasteiger partial charge in [0.1, 0.15) is 0 Å². The maximum atomic E-state index is 3.94. The maximum absolute atomic E-state index is 3.94. The molecule has 0 radical (unpaired) electrons. The molecule has 0 bridgehead atoms. The van der Waals surface area contributed by atoms with Gasteiger partial charge in [0, 0.05) is 5.92 Å². The second-order valence-corrected chi connectivity index (χ2v) is 2.16. The molecule has 0 spiro atoms. The molecule has 9 heavy (non-hydrogen) atoms. The van der Waals surface area contributed by atoms with Crippen molar-refractivity contribution in [3.63, 3.8) is 0 Å². The van der Waals surface area contributed by atoms with E-state index in [4.69, 9.17) is 0 Å². The fourth-order valence-electron chi connectivity index (χ4n) is 0.571. The second kappa shape index (κ2) is 5.00. The Morgan fingerprint density at radius 1 is 1.22 bits per heavy atom. The first kappa shape index (κ1) is 11.9. The minimum absolute atomic E-state index is 0. The van der Waals surface area contributed by atoms with E-state index in [0.29, 0.717) is 12.0 Å².